The van der Waals surface area contributed by atoms with E-state index in [0.29, 0.717) is 33.4 Å². The van der Waals surface area contributed by atoms with Gasteiger partial charge in [-0.1, -0.05) is 30.3 Å². The van der Waals surface area contributed by atoms with E-state index in [1.165, 1.54) is 12.0 Å². The number of aromatic nitrogens is 2. The number of alkyl halides is 3. The number of carboxylic acids is 1. The van der Waals surface area contributed by atoms with Gasteiger partial charge in [-0.15, -0.1) is 0 Å². The van der Waals surface area contributed by atoms with Crippen LogP contribution in [0.15, 0.2) is 60.7 Å². The van der Waals surface area contributed by atoms with Gasteiger partial charge in [-0.05, 0) is 55.3 Å². The molecule has 0 fully saturated rings. The highest BCUT2D eigenvalue weighted by atomic mass is 19.4. The van der Waals surface area contributed by atoms with Crippen LogP contribution in [0.2, 0.25) is 0 Å². The number of carbonyl (C=O) groups is 3. The number of amides is 2. The second-order valence-electron chi connectivity index (χ2n) is 8.94. The third kappa shape index (κ3) is 5.18. The Morgan fingerprint density at radius 3 is 2.27 bits per heavy atom. The normalized spacial score (nSPS) is 16.3. The maximum absolute atomic E-state index is 13.5. The Hall–Kier alpha value is -4.91. The molecule has 0 saturated heterocycles. The molecule has 0 aliphatic carbocycles. The molecule has 10 nitrogen and oxygen atoms in total. The summed E-state index contributed by atoms with van der Waals surface area (Å²) in [4.78, 5) is 42.7. The number of aliphatic hydroxyl groups is 1. The van der Waals surface area contributed by atoms with Gasteiger partial charge in [0.25, 0.3) is 5.91 Å². The summed E-state index contributed by atoms with van der Waals surface area (Å²) in [6.07, 6.45) is -5.73. The number of carbonyl (C=O) groups excluding carboxylic acids is 2. The molecule has 3 aromatic carbocycles. The van der Waals surface area contributed by atoms with E-state index in [2.05, 4.69) is 20.0 Å². The lowest BCUT2D eigenvalue weighted by molar-refractivity contribution is -0.192. The first kappa shape index (κ1) is 28.1. The quantitative estimate of drug-likeness (QED) is 0.282. The van der Waals surface area contributed by atoms with Crippen LogP contribution in [0.1, 0.15) is 32.6 Å². The van der Waals surface area contributed by atoms with Crippen molar-refractivity contribution in [3.05, 3.63) is 88.5 Å². The molecule has 1 unspecified atom stereocenters. The van der Waals surface area contributed by atoms with Crippen LogP contribution in [0, 0.1) is 13.8 Å². The summed E-state index contributed by atoms with van der Waals surface area (Å²) in [5.74, 6) is -2.82. The van der Waals surface area contributed by atoms with Crippen LogP contribution in [0.5, 0.6) is 0 Å². The molecule has 0 saturated carbocycles. The van der Waals surface area contributed by atoms with E-state index in [1.54, 1.807) is 42.5 Å². The maximum Gasteiger partial charge on any atom is 0.490 e. The van der Waals surface area contributed by atoms with E-state index in [4.69, 9.17) is 9.90 Å². The van der Waals surface area contributed by atoms with E-state index >= 15 is 0 Å². The van der Waals surface area contributed by atoms with Crippen molar-refractivity contribution in [3.63, 3.8) is 0 Å². The van der Waals surface area contributed by atoms with Gasteiger partial charge in [-0.3, -0.25) is 15.0 Å². The molecular formula is C27H23F3N4O6. The molecule has 5 rings (SSSR count). The number of aliphatic carboxylic acids is 1. The average Bonchev–Trinajstić information content (AvgIpc) is 3.38. The van der Waals surface area contributed by atoms with Crippen molar-refractivity contribution >= 4 is 40.6 Å². The number of H-pyrrole nitrogens is 1. The highest BCUT2D eigenvalue weighted by Crippen LogP contribution is 2.45. The first-order chi connectivity index (χ1) is 18.7. The van der Waals surface area contributed by atoms with Crippen molar-refractivity contribution in [2.45, 2.75) is 25.7 Å². The van der Waals surface area contributed by atoms with Crippen LogP contribution in [-0.4, -0.2) is 51.4 Å². The van der Waals surface area contributed by atoms with E-state index in [0.717, 1.165) is 11.1 Å². The number of methoxy groups -OCH3 is 1. The lowest BCUT2D eigenvalue weighted by Gasteiger charge is -2.35. The zero-order chi connectivity index (χ0) is 29.4. The van der Waals surface area contributed by atoms with E-state index < -0.39 is 24.0 Å². The third-order valence-corrected chi connectivity index (χ3v) is 6.06. The number of imidazole rings is 1. The van der Waals surface area contributed by atoms with Crippen molar-refractivity contribution in [2.75, 3.05) is 17.3 Å². The molecule has 4 N–H and O–H groups in total. The summed E-state index contributed by atoms with van der Waals surface area (Å²) in [7, 11) is 1.27. The number of nitrogens with one attached hydrogen (secondary N) is 2. The van der Waals surface area contributed by atoms with Gasteiger partial charge in [0.05, 0.1) is 18.1 Å². The summed E-state index contributed by atoms with van der Waals surface area (Å²) in [5.41, 5.74) is 3.45. The standard InChI is InChI=1S/C25H22N4O4.C2HF3O2/c1-14-10-15(2)12-17(11-14)29-22(30)18-6-4-5-7-19(18)25(29,32)16-8-9-20-21(13-16)27-23(26-20)28-24(31)33-3;3-2(4,5)1(6)7/h4-13,32H,1-3H3,(H2,26,27,28,31);(H,6,7). The number of hydrogen-bond donors (Lipinski definition) is 4. The van der Waals surface area contributed by atoms with Gasteiger partial charge >= 0.3 is 18.2 Å². The Morgan fingerprint density at radius 2 is 1.68 bits per heavy atom. The minimum Gasteiger partial charge on any atom is -0.475 e. The first-order valence-corrected chi connectivity index (χ1v) is 11.7. The van der Waals surface area contributed by atoms with Gasteiger partial charge in [0, 0.05) is 22.4 Å². The Morgan fingerprint density at radius 1 is 1.05 bits per heavy atom. The summed E-state index contributed by atoms with van der Waals surface area (Å²) >= 11 is 0. The number of anilines is 2. The monoisotopic (exact) mass is 556 g/mol. The van der Waals surface area contributed by atoms with Gasteiger partial charge < -0.3 is 19.9 Å². The molecule has 2 amide bonds. The van der Waals surface area contributed by atoms with Crippen molar-refractivity contribution in [1.82, 2.24) is 9.97 Å². The number of aromatic amines is 1. The number of ether oxygens (including phenoxy) is 1. The van der Waals surface area contributed by atoms with Gasteiger partial charge in [-0.25, -0.2) is 14.6 Å². The molecule has 0 radical (unpaired) electrons. The fourth-order valence-electron chi connectivity index (χ4n) is 4.46. The predicted molar refractivity (Wildman–Crippen MR) is 138 cm³/mol. The van der Waals surface area contributed by atoms with E-state index in [9.17, 15) is 27.9 Å². The Labute approximate surface area is 225 Å². The lowest BCUT2D eigenvalue weighted by Crippen LogP contribution is -2.45. The molecule has 2 heterocycles. The number of carboxylic acid groups (broad SMARTS) is 1. The summed E-state index contributed by atoms with van der Waals surface area (Å²) in [6.45, 7) is 3.91. The SMILES string of the molecule is COC(=O)Nc1nc2ccc(C3(O)c4ccccc4C(=O)N3c3cc(C)cc(C)c3)cc2[nH]1.O=C(O)C(F)(F)F. The van der Waals surface area contributed by atoms with E-state index in [-0.39, 0.29) is 11.9 Å². The number of benzene rings is 3. The number of nitrogens with zero attached hydrogens (tertiary/aromatic N) is 2. The topological polar surface area (TPSA) is 145 Å². The minimum absolute atomic E-state index is 0.218. The highest BCUT2D eigenvalue weighted by molar-refractivity contribution is 6.12. The van der Waals surface area contributed by atoms with Crippen LogP contribution in [0.25, 0.3) is 11.0 Å². The molecule has 0 bridgehead atoms. The molecule has 208 valence electrons. The zero-order valence-corrected chi connectivity index (χ0v) is 21.3. The lowest BCUT2D eigenvalue weighted by atomic mass is 9.93. The minimum atomic E-state index is -5.08. The molecule has 4 aromatic rings. The smallest absolute Gasteiger partial charge is 0.475 e. The summed E-state index contributed by atoms with van der Waals surface area (Å²) in [6, 6.07) is 18.0. The molecule has 0 spiro atoms. The van der Waals surface area contributed by atoms with Crippen LogP contribution in [-0.2, 0) is 15.3 Å². The summed E-state index contributed by atoms with van der Waals surface area (Å²) < 4.78 is 36.3. The van der Waals surface area contributed by atoms with Crippen LogP contribution < -0.4 is 10.2 Å². The van der Waals surface area contributed by atoms with Crippen LogP contribution in [0.4, 0.5) is 29.6 Å². The fraction of sp³-hybridized carbons (Fsp3) is 0.185. The molecular weight excluding hydrogens is 533 g/mol. The fourth-order valence-corrected chi connectivity index (χ4v) is 4.46. The van der Waals surface area contributed by atoms with Gasteiger partial charge in [0.15, 0.2) is 5.72 Å². The van der Waals surface area contributed by atoms with Crippen molar-refractivity contribution in [3.8, 4) is 0 Å². The largest absolute Gasteiger partial charge is 0.490 e. The number of hydrogen-bond acceptors (Lipinski definition) is 6. The molecule has 1 aliphatic rings. The van der Waals surface area contributed by atoms with Gasteiger partial charge in [-0.2, -0.15) is 13.2 Å². The molecule has 40 heavy (non-hydrogen) atoms. The second-order valence-corrected chi connectivity index (χ2v) is 8.94. The molecule has 1 atom stereocenters. The number of halogens is 3. The Kier molecular flexibility index (Phi) is 7.26. The van der Waals surface area contributed by atoms with Crippen LogP contribution in [0.3, 0.4) is 0 Å². The predicted octanol–water partition coefficient (Wildman–Crippen LogP) is 4.85. The van der Waals surface area contributed by atoms with Gasteiger partial charge in [0.1, 0.15) is 0 Å². The number of aryl methyl sites for hydroxylation is 2. The van der Waals surface area contributed by atoms with Crippen molar-refractivity contribution in [2.24, 2.45) is 0 Å². The zero-order valence-electron chi connectivity index (χ0n) is 21.3. The van der Waals surface area contributed by atoms with E-state index in [1.807, 2.05) is 32.0 Å². The maximum atomic E-state index is 13.5. The summed E-state index contributed by atoms with van der Waals surface area (Å²) in [5, 5.41) is 21.8. The number of fused-ring (bicyclic) bond motifs is 2. The first-order valence-electron chi connectivity index (χ1n) is 11.7. The van der Waals surface area contributed by atoms with Crippen LogP contribution >= 0.6 is 0 Å². The Balaban J connectivity index is 0.000000470. The molecule has 1 aliphatic heterocycles. The highest BCUT2D eigenvalue weighted by Gasteiger charge is 2.50. The van der Waals surface area contributed by atoms with Gasteiger partial charge in [0.2, 0.25) is 5.95 Å². The Bertz CT molecular complexity index is 1610. The van der Waals surface area contributed by atoms with Crippen molar-refractivity contribution < 1.29 is 42.5 Å². The molecule has 13 heteroatoms. The van der Waals surface area contributed by atoms with Crippen molar-refractivity contribution in [1.29, 1.82) is 0 Å². The second kappa shape index (κ2) is 10.3. The average molecular weight is 556 g/mol. The third-order valence-electron chi connectivity index (χ3n) is 6.06. The number of rotatable bonds is 3. The molecule has 1 aromatic heterocycles.